The monoisotopic (exact) mass is 410 g/mol. The Kier molecular flexibility index (Phi) is 13.7. The third-order valence-electron chi connectivity index (χ3n) is 3.45. The summed E-state index contributed by atoms with van der Waals surface area (Å²) in [5.74, 6) is -1.21. The van der Waals surface area contributed by atoms with Gasteiger partial charge in [0.05, 0.1) is 35.9 Å². The van der Waals surface area contributed by atoms with E-state index in [1.807, 2.05) is 0 Å². The van der Waals surface area contributed by atoms with Gasteiger partial charge in [0.1, 0.15) is 12.2 Å². The summed E-state index contributed by atoms with van der Waals surface area (Å²) < 4.78 is 10.5. The lowest BCUT2D eigenvalue weighted by Crippen LogP contribution is -2.28. The number of carbonyl (C=O) groups excluding carboxylic acids is 2. The van der Waals surface area contributed by atoms with Crippen molar-refractivity contribution in [3.05, 3.63) is 0 Å². The summed E-state index contributed by atoms with van der Waals surface area (Å²) in [4.78, 5) is 23.8. The first-order chi connectivity index (χ1) is 12.5. The third-order valence-corrected chi connectivity index (χ3v) is 4.33. The zero-order chi connectivity index (χ0) is 21.0. The first-order valence-electron chi connectivity index (χ1n) is 9.18. The van der Waals surface area contributed by atoms with Crippen LogP contribution < -0.4 is 0 Å². The molecular formula is C18H34O8S. The van der Waals surface area contributed by atoms with Crippen molar-refractivity contribution >= 4 is 23.7 Å². The minimum Gasteiger partial charge on any atom is -0.462 e. The van der Waals surface area contributed by atoms with Gasteiger partial charge in [0.2, 0.25) is 0 Å². The smallest absolute Gasteiger partial charge is 0.316 e. The van der Waals surface area contributed by atoms with E-state index >= 15 is 0 Å². The van der Waals surface area contributed by atoms with Crippen molar-refractivity contribution in [3.63, 3.8) is 0 Å². The van der Waals surface area contributed by atoms with Gasteiger partial charge in [-0.05, 0) is 27.7 Å². The van der Waals surface area contributed by atoms with E-state index in [1.165, 1.54) is 0 Å². The fourth-order valence-corrected chi connectivity index (χ4v) is 3.14. The zero-order valence-corrected chi connectivity index (χ0v) is 17.4. The average molecular weight is 411 g/mol. The van der Waals surface area contributed by atoms with Crippen LogP contribution in [0.4, 0.5) is 0 Å². The van der Waals surface area contributed by atoms with E-state index in [4.69, 9.17) is 9.47 Å². The molecule has 0 saturated heterocycles. The summed E-state index contributed by atoms with van der Waals surface area (Å²) >= 11 is 1.03. The molecule has 0 aromatic carbocycles. The molecule has 0 aliphatic rings. The largest absolute Gasteiger partial charge is 0.462 e. The number of hydrogen-bond acceptors (Lipinski definition) is 9. The number of rotatable bonds is 14. The fraction of sp³-hybridized carbons (Fsp3) is 0.889. The van der Waals surface area contributed by atoms with Crippen molar-refractivity contribution in [2.45, 2.75) is 90.0 Å². The minimum absolute atomic E-state index is 0.0668. The number of hydrogen-bond donors (Lipinski definition) is 4. The lowest BCUT2D eigenvalue weighted by molar-refractivity contribution is -0.148. The van der Waals surface area contributed by atoms with Gasteiger partial charge in [-0.15, -0.1) is 11.8 Å². The maximum Gasteiger partial charge on any atom is 0.316 e. The zero-order valence-electron chi connectivity index (χ0n) is 16.5. The van der Waals surface area contributed by atoms with Gasteiger partial charge in [0.15, 0.2) is 0 Å². The predicted octanol–water partition coefficient (Wildman–Crippen LogP) is 0.627. The molecule has 0 aromatic heterocycles. The first-order valence-corrected chi connectivity index (χ1v) is 10.3. The van der Waals surface area contributed by atoms with Crippen LogP contribution in [0.3, 0.4) is 0 Å². The van der Waals surface area contributed by atoms with E-state index in [1.54, 1.807) is 27.7 Å². The molecule has 0 aromatic rings. The molecule has 0 amide bonds. The molecule has 0 rings (SSSR count). The summed E-state index contributed by atoms with van der Waals surface area (Å²) in [6.45, 7) is 6.30. The molecule has 0 saturated carbocycles. The van der Waals surface area contributed by atoms with Crippen molar-refractivity contribution in [3.8, 4) is 0 Å². The molecule has 0 fully saturated rings. The average Bonchev–Trinajstić information content (AvgIpc) is 2.43. The lowest BCUT2D eigenvalue weighted by Gasteiger charge is -2.21. The van der Waals surface area contributed by atoms with Gasteiger partial charge in [0, 0.05) is 25.7 Å². The molecule has 4 N–H and O–H groups in total. The van der Waals surface area contributed by atoms with Crippen LogP contribution in [0.1, 0.15) is 53.4 Å². The summed E-state index contributed by atoms with van der Waals surface area (Å²) in [5.41, 5.74) is 0. The Bertz CT molecular complexity index is 368. The van der Waals surface area contributed by atoms with E-state index < -0.39 is 48.6 Å². The molecule has 4 unspecified atom stereocenters. The Morgan fingerprint density at radius 1 is 0.667 bits per heavy atom. The molecule has 0 spiro atoms. The topological polar surface area (TPSA) is 134 Å². The van der Waals surface area contributed by atoms with Crippen LogP contribution in [0.5, 0.6) is 0 Å². The van der Waals surface area contributed by atoms with Crippen LogP contribution in [-0.2, 0) is 19.1 Å². The van der Waals surface area contributed by atoms with Gasteiger partial charge in [-0.2, -0.15) is 0 Å². The molecule has 0 aliphatic heterocycles. The highest BCUT2D eigenvalue weighted by Gasteiger charge is 2.21. The second kappa shape index (κ2) is 14.2. The number of aliphatic hydroxyl groups excluding tert-OH is 4. The van der Waals surface area contributed by atoms with Crippen LogP contribution in [-0.4, -0.2) is 80.5 Å². The maximum atomic E-state index is 11.9. The minimum atomic E-state index is -0.663. The van der Waals surface area contributed by atoms with Crippen LogP contribution in [0, 0.1) is 0 Å². The lowest BCUT2D eigenvalue weighted by atomic mass is 10.1. The highest BCUT2D eigenvalue weighted by molar-refractivity contribution is 8.00. The first kappa shape index (κ1) is 26.1. The Morgan fingerprint density at radius 3 is 1.15 bits per heavy atom. The van der Waals surface area contributed by atoms with Gasteiger partial charge in [-0.3, -0.25) is 9.59 Å². The number of thioether (sulfide) groups is 1. The summed E-state index contributed by atoms with van der Waals surface area (Å²) in [6, 6.07) is 0. The number of esters is 2. The van der Waals surface area contributed by atoms with Gasteiger partial charge >= 0.3 is 11.9 Å². The Hall–Kier alpha value is -0.870. The Balaban J connectivity index is 4.30. The Labute approximate surface area is 165 Å². The van der Waals surface area contributed by atoms with Crippen molar-refractivity contribution in [2.75, 3.05) is 11.5 Å². The van der Waals surface area contributed by atoms with Crippen molar-refractivity contribution in [1.29, 1.82) is 0 Å². The molecule has 0 aliphatic carbocycles. The van der Waals surface area contributed by atoms with Crippen LogP contribution in [0.25, 0.3) is 0 Å². The van der Waals surface area contributed by atoms with E-state index in [2.05, 4.69) is 0 Å². The number of carbonyl (C=O) groups is 2. The molecule has 9 heteroatoms. The van der Waals surface area contributed by atoms with Crippen LogP contribution in [0.2, 0.25) is 0 Å². The van der Waals surface area contributed by atoms with E-state index in [0.29, 0.717) is 0 Å². The van der Waals surface area contributed by atoms with E-state index in [-0.39, 0.29) is 37.2 Å². The van der Waals surface area contributed by atoms with Gasteiger partial charge in [0.25, 0.3) is 0 Å². The molecule has 8 nitrogen and oxygen atoms in total. The van der Waals surface area contributed by atoms with Crippen LogP contribution in [0.15, 0.2) is 0 Å². The summed E-state index contributed by atoms with van der Waals surface area (Å²) in [6.07, 6.45) is -2.93. The molecule has 160 valence electrons. The summed E-state index contributed by atoms with van der Waals surface area (Å²) in [7, 11) is 0. The van der Waals surface area contributed by atoms with Crippen molar-refractivity contribution in [1.82, 2.24) is 0 Å². The van der Waals surface area contributed by atoms with Gasteiger partial charge in [-0.25, -0.2) is 0 Å². The fourth-order valence-electron chi connectivity index (χ4n) is 2.56. The van der Waals surface area contributed by atoms with Crippen molar-refractivity contribution < 1.29 is 39.5 Å². The van der Waals surface area contributed by atoms with Gasteiger partial charge in [-0.1, -0.05) is 0 Å². The second-order valence-corrected chi connectivity index (χ2v) is 8.04. The molecule has 0 radical (unpaired) electrons. The molecule has 0 bridgehead atoms. The number of aliphatic hydroxyl groups is 4. The normalized spacial score (nSPS) is 18.1. The molecular weight excluding hydrogens is 376 g/mol. The van der Waals surface area contributed by atoms with Crippen LogP contribution >= 0.6 is 11.8 Å². The third kappa shape index (κ3) is 15.8. The SMILES string of the molecule is CC(O)CC(CC(C)O)OC(=O)CSCC(=O)OC(CC(C)O)CC(C)O. The highest BCUT2D eigenvalue weighted by Crippen LogP contribution is 2.14. The predicted molar refractivity (Wildman–Crippen MR) is 102 cm³/mol. The molecule has 4 atom stereocenters. The van der Waals surface area contributed by atoms with Crippen molar-refractivity contribution in [2.24, 2.45) is 0 Å². The quantitative estimate of drug-likeness (QED) is 0.304. The maximum absolute atomic E-state index is 11.9. The van der Waals surface area contributed by atoms with E-state index in [0.717, 1.165) is 11.8 Å². The molecule has 0 heterocycles. The van der Waals surface area contributed by atoms with E-state index in [9.17, 15) is 30.0 Å². The highest BCUT2D eigenvalue weighted by atomic mass is 32.2. The number of ether oxygens (including phenoxy) is 2. The van der Waals surface area contributed by atoms with Gasteiger partial charge < -0.3 is 29.9 Å². The summed E-state index contributed by atoms with van der Waals surface area (Å²) in [5, 5.41) is 37.7. The Morgan fingerprint density at radius 2 is 0.926 bits per heavy atom. The standard InChI is InChI=1S/C18H34O8S/c1-11(19)5-15(6-12(2)20)25-17(23)9-27-10-18(24)26-16(7-13(3)21)8-14(4)22/h11-16,19-22H,5-10H2,1-4H3. The second-order valence-electron chi connectivity index (χ2n) is 7.06. The molecule has 27 heavy (non-hydrogen) atoms.